The number of hydrogen-bond acceptors (Lipinski definition) is 2. The first kappa shape index (κ1) is 21.0. The first-order valence-corrected chi connectivity index (χ1v) is 10.7. The predicted molar refractivity (Wildman–Crippen MR) is 120 cm³/mol. The molecule has 1 heterocycles. The van der Waals surface area contributed by atoms with E-state index in [0.29, 0.717) is 6.42 Å². The number of fused-ring (bicyclic) bond motifs is 1. The number of amides is 1. The SMILES string of the molecule is CCCCCNC(=O)C[C@@H](c1ccccc1OC)c1c[nH]c2c(CC)cccc12. The predicted octanol–water partition coefficient (Wildman–Crippen LogP) is 5.57. The van der Waals surface area contributed by atoms with Gasteiger partial charge in [-0.1, -0.05) is 63.1 Å². The van der Waals surface area contributed by atoms with Crippen molar-refractivity contribution in [2.45, 2.75) is 51.9 Å². The molecule has 154 valence electrons. The lowest BCUT2D eigenvalue weighted by Crippen LogP contribution is -2.26. The fourth-order valence-corrected chi connectivity index (χ4v) is 4.02. The summed E-state index contributed by atoms with van der Waals surface area (Å²) >= 11 is 0. The van der Waals surface area contributed by atoms with Crippen molar-refractivity contribution in [3.63, 3.8) is 0 Å². The van der Waals surface area contributed by atoms with Gasteiger partial charge >= 0.3 is 0 Å². The minimum atomic E-state index is -0.0711. The van der Waals surface area contributed by atoms with E-state index in [2.05, 4.69) is 54.6 Å². The van der Waals surface area contributed by atoms with Gasteiger partial charge in [0.15, 0.2) is 0 Å². The van der Waals surface area contributed by atoms with Gasteiger partial charge in [0.25, 0.3) is 0 Å². The fraction of sp³-hybridized carbons (Fsp3) is 0.400. The van der Waals surface area contributed by atoms with Gasteiger partial charge in [-0.3, -0.25) is 4.79 Å². The number of hydrogen-bond donors (Lipinski definition) is 2. The number of nitrogens with one attached hydrogen (secondary N) is 2. The Balaban J connectivity index is 1.97. The number of carbonyl (C=O) groups excluding carboxylic acids is 1. The van der Waals surface area contributed by atoms with Crippen molar-refractivity contribution in [2.24, 2.45) is 0 Å². The number of para-hydroxylation sites is 2. The second-order valence-electron chi connectivity index (χ2n) is 7.49. The first-order chi connectivity index (χ1) is 14.2. The number of benzene rings is 2. The van der Waals surface area contributed by atoms with Gasteiger partial charge in [-0.05, 0) is 30.0 Å². The molecule has 29 heavy (non-hydrogen) atoms. The van der Waals surface area contributed by atoms with Gasteiger partial charge in [0, 0.05) is 41.5 Å². The van der Waals surface area contributed by atoms with E-state index in [1.807, 2.05) is 18.2 Å². The summed E-state index contributed by atoms with van der Waals surface area (Å²) in [6, 6.07) is 14.4. The monoisotopic (exact) mass is 392 g/mol. The van der Waals surface area contributed by atoms with Crippen LogP contribution in [0, 0.1) is 0 Å². The third-order valence-corrected chi connectivity index (χ3v) is 5.60. The Morgan fingerprint density at radius 3 is 2.66 bits per heavy atom. The number of aromatic nitrogens is 1. The van der Waals surface area contributed by atoms with Crippen LogP contribution >= 0.6 is 0 Å². The van der Waals surface area contributed by atoms with Crippen molar-refractivity contribution in [3.05, 3.63) is 65.4 Å². The number of carbonyl (C=O) groups is 1. The molecule has 3 aromatic rings. The Morgan fingerprint density at radius 1 is 1.07 bits per heavy atom. The van der Waals surface area contributed by atoms with Gasteiger partial charge in [-0.15, -0.1) is 0 Å². The van der Waals surface area contributed by atoms with Crippen LogP contribution < -0.4 is 10.1 Å². The summed E-state index contributed by atoms with van der Waals surface area (Å²) in [5.41, 5.74) is 4.63. The topological polar surface area (TPSA) is 54.1 Å². The van der Waals surface area contributed by atoms with Crippen LogP contribution in [0.25, 0.3) is 10.9 Å². The van der Waals surface area contributed by atoms with Crippen molar-refractivity contribution in [1.82, 2.24) is 10.3 Å². The normalized spacial score (nSPS) is 12.1. The molecule has 0 aliphatic heterocycles. The Morgan fingerprint density at radius 2 is 1.90 bits per heavy atom. The van der Waals surface area contributed by atoms with Crippen molar-refractivity contribution in [2.75, 3.05) is 13.7 Å². The lowest BCUT2D eigenvalue weighted by atomic mass is 9.87. The van der Waals surface area contributed by atoms with E-state index in [1.165, 1.54) is 10.9 Å². The highest BCUT2D eigenvalue weighted by Crippen LogP contribution is 2.38. The highest BCUT2D eigenvalue weighted by molar-refractivity contribution is 5.88. The van der Waals surface area contributed by atoms with Crippen LogP contribution in [-0.4, -0.2) is 24.5 Å². The first-order valence-electron chi connectivity index (χ1n) is 10.7. The van der Waals surface area contributed by atoms with E-state index >= 15 is 0 Å². The molecular weight excluding hydrogens is 360 g/mol. The van der Waals surface area contributed by atoms with Crippen LogP contribution in [-0.2, 0) is 11.2 Å². The molecule has 0 radical (unpaired) electrons. The number of H-pyrrole nitrogens is 1. The molecule has 0 fully saturated rings. The third-order valence-electron chi connectivity index (χ3n) is 5.60. The van der Waals surface area contributed by atoms with E-state index in [-0.39, 0.29) is 11.8 Å². The molecular formula is C25H32N2O2. The maximum absolute atomic E-state index is 12.8. The minimum absolute atomic E-state index is 0.0711. The summed E-state index contributed by atoms with van der Waals surface area (Å²) in [5.74, 6) is 0.827. The molecule has 1 atom stereocenters. The van der Waals surface area contributed by atoms with Crippen LogP contribution in [0.15, 0.2) is 48.7 Å². The van der Waals surface area contributed by atoms with Gasteiger partial charge in [0.2, 0.25) is 5.91 Å². The molecule has 0 bridgehead atoms. The molecule has 4 nitrogen and oxygen atoms in total. The third kappa shape index (κ3) is 4.81. The number of aryl methyl sites for hydroxylation is 1. The van der Waals surface area contributed by atoms with Gasteiger partial charge in [0.1, 0.15) is 5.75 Å². The molecule has 0 saturated heterocycles. The molecule has 0 aliphatic carbocycles. The molecule has 1 amide bonds. The average molecular weight is 393 g/mol. The number of methoxy groups -OCH3 is 1. The number of ether oxygens (including phenoxy) is 1. The standard InChI is InChI=1S/C25H32N2O2/c1-4-6-9-15-26-24(28)16-21(19-12-7-8-14-23(19)29-3)22-17-27-25-18(5-2)11-10-13-20(22)25/h7-8,10-14,17,21,27H,4-6,9,15-16H2,1-3H3,(H,26,28)/t21-/m0/s1. The van der Waals surface area contributed by atoms with Gasteiger partial charge in [-0.25, -0.2) is 0 Å². The van der Waals surface area contributed by atoms with E-state index in [9.17, 15) is 4.79 Å². The van der Waals surface area contributed by atoms with Gasteiger partial charge in [0.05, 0.1) is 7.11 Å². The van der Waals surface area contributed by atoms with Crippen molar-refractivity contribution >= 4 is 16.8 Å². The van der Waals surface area contributed by atoms with Gasteiger partial charge in [-0.2, -0.15) is 0 Å². The summed E-state index contributed by atoms with van der Waals surface area (Å²) < 4.78 is 5.63. The molecule has 0 aliphatic rings. The second-order valence-corrected chi connectivity index (χ2v) is 7.49. The van der Waals surface area contributed by atoms with Crippen LogP contribution in [0.5, 0.6) is 5.75 Å². The zero-order valence-corrected chi connectivity index (χ0v) is 17.8. The fourth-order valence-electron chi connectivity index (χ4n) is 4.02. The molecule has 2 aromatic carbocycles. The number of unbranched alkanes of at least 4 members (excludes halogenated alkanes) is 2. The van der Waals surface area contributed by atoms with Crippen molar-refractivity contribution in [3.8, 4) is 5.75 Å². The molecule has 4 heteroatoms. The van der Waals surface area contributed by atoms with E-state index in [1.54, 1.807) is 7.11 Å². The molecule has 0 unspecified atom stereocenters. The zero-order valence-electron chi connectivity index (χ0n) is 17.8. The largest absolute Gasteiger partial charge is 0.496 e. The van der Waals surface area contributed by atoms with Crippen LogP contribution in [0.2, 0.25) is 0 Å². The molecule has 0 spiro atoms. The second kappa shape index (κ2) is 10.1. The molecule has 3 rings (SSSR count). The molecule has 0 saturated carbocycles. The number of aromatic amines is 1. The maximum atomic E-state index is 12.8. The summed E-state index contributed by atoms with van der Waals surface area (Å²) in [6.07, 6.45) is 6.73. The van der Waals surface area contributed by atoms with Crippen LogP contribution in [0.3, 0.4) is 0 Å². The summed E-state index contributed by atoms with van der Waals surface area (Å²) in [7, 11) is 1.69. The highest BCUT2D eigenvalue weighted by Gasteiger charge is 2.24. The minimum Gasteiger partial charge on any atom is -0.496 e. The highest BCUT2D eigenvalue weighted by atomic mass is 16.5. The summed E-state index contributed by atoms with van der Waals surface area (Å²) in [4.78, 5) is 16.2. The van der Waals surface area contributed by atoms with Gasteiger partial charge < -0.3 is 15.0 Å². The quantitative estimate of drug-likeness (QED) is 0.443. The lowest BCUT2D eigenvalue weighted by Gasteiger charge is -2.20. The Kier molecular flexibility index (Phi) is 7.34. The smallest absolute Gasteiger partial charge is 0.220 e. The van der Waals surface area contributed by atoms with E-state index < -0.39 is 0 Å². The molecule has 1 aromatic heterocycles. The Bertz CT molecular complexity index is 945. The number of rotatable bonds is 10. The van der Waals surface area contributed by atoms with E-state index in [0.717, 1.165) is 54.6 Å². The Hall–Kier alpha value is -2.75. The maximum Gasteiger partial charge on any atom is 0.220 e. The lowest BCUT2D eigenvalue weighted by molar-refractivity contribution is -0.121. The zero-order chi connectivity index (χ0) is 20.6. The summed E-state index contributed by atoms with van der Waals surface area (Å²) in [5, 5.41) is 4.28. The van der Waals surface area contributed by atoms with Crippen molar-refractivity contribution in [1.29, 1.82) is 0 Å². The average Bonchev–Trinajstić information content (AvgIpc) is 3.19. The van der Waals surface area contributed by atoms with Crippen LogP contribution in [0.4, 0.5) is 0 Å². The van der Waals surface area contributed by atoms with E-state index in [4.69, 9.17) is 4.74 Å². The summed E-state index contributed by atoms with van der Waals surface area (Å²) in [6.45, 7) is 5.07. The van der Waals surface area contributed by atoms with Crippen molar-refractivity contribution < 1.29 is 9.53 Å². The molecule has 2 N–H and O–H groups in total. The van der Waals surface area contributed by atoms with Crippen LogP contribution in [0.1, 0.15) is 62.1 Å². The Labute approximate surface area is 173 Å².